The van der Waals surface area contributed by atoms with Gasteiger partial charge in [-0.15, -0.1) is 0 Å². The summed E-state index contributed by atoms with van der Waals surface area (Å²) in [6.07, 6.45) is 1.70. The van der Waals surface area contributed by atoms with Crippen LogP contribution in [0, 0.1) is 5.41 Å². The Hall–Kier alpha value is -1.15. The lowest BCUT2D eigenvalue weighted by atomic mass is 9.90. The van der Waals surface area contributed by atoms with Crippen LogP contribution >= 0.6 is 0 Å². The lowest BCUT2D eigenvalue weighted by Crippen LogP contribution is -2.21. The lowest BCUT2D eigenvalue weighted by Gasteiger charge is -2.19. The first kappa shape index (κ1) is 10.8. The molecule has 0 aromatic rings. The Bertz CT molecular complexity index is 204. The number of carbonyl (C=O) groups excluding carboxylic acids is 2. The van der Waals surface area contributed by atoms with E-state index in [4.69, 9.17) is 0 Å². The number of hydrogen-bond donors (Lipinski definition) is 0. The van der Waals surface area contributed by atoms with Gasteiger partial charge in [0, 0.05) is 0 Å². The third-order valence-corrected chi connectivity index (χ3v) is 1.42. The molecule has 4 nitrogen and oxygen atoms in total. The minimum Gasteiger partial charge on any atom is -0.469 e. The normalized spacial score (nSPS) is 10.2. The molecule has 68 valence electrons. The SMILES string of the molecule is COC(=O)CC(C)(C)CN=C=O. The molecule has 0 heterocycles. The van der Waals surface area contributed by atoms with Crippen molar-refractivity contribution in [1.29, 1.82) is 0 Å². The van der Waals surface area contributed by atoms with Gasteiger partial charge in [0.05, 0.1) is 20.1 Å². The number of isocyanates is 1. The summed E-state index contributed by atoms with van der Waals surface area (Å²) in [7, 11) is 1.33. The van der Waals surface area contributed by atoms with Crippen molar-refractivity contribution in [2.75, 3.05) is 13.7 Å². The van der Waals surface area contributed by atoms with Crippen LogP contribution in [0.4, 0.5) is 0 Å². The fourth-order valence-electron chi connectivity index (χ4n) is 0.765. The van der Waals surface area contributed by atoms with Gasteiger partial charge in [0.1, 0.15) is 0 Å². The van der Waals surface area contributed by atoms with E-state index in [2.05, 4.69) is 9.73 Å². The predicted molar refractivity (Wildman–Crippen MR) is 43.4 cm³/mol. The summed E-state index contributed by atoms with van der Waals surface area (Å²) >= 11 is 0. The number of methoxy groups -OCH3 is 1. The molecular formula is C8H13NO3. The molecule has 0 saturated heterocycles. The molecule has 0 radical (unpaired) electrons. The van der Waals surface area contributed by atoms with Crippen molar-refractivity contribution in [2.24, 2.45) is 10.4 Å². The molecule has 0 aliphatic heterocycles. The quantitative estimate of drug-likeness (QED) is 0.359. The molecule has 0 aromatic carbocycles. The van der Waals surface area contributed by atoms with Crippen molar-refractivity contribution >= 4 is 12.0 Å². The number of hydrogen-bond acceptors (Lipinski definition) is 4. The molecule has 4 heteroatoms. The Morgan fingerprint density at radius 2 is 2.17 bits per heavy atom. The standard InChI is InChI=1S/C8H13NO3/c1-8(2,5-9-6-10)4-7(11)12-3/h4-5H2,1-3H3. The van der Waals surface area contributed by atoms with Crippen LogP contribution in [-0.4, -0.2) is 25.7 Å². The topological polar surface area (TPSA) is 55.7 Å². The van der Waals surface area contributed by atoms with Gasteiger partial charge in [0.15, 0.2) is 0 Å². The molecule has 0 unspecified atom stereocenters. The zero-order valence-corrected chi connectivity index (χ0v) is 7.59. The van der Waals surface area contributed by atoms with Gasteiger partial charge >= 0.3 is 5.97 Å². The van der Waals surface area contributed by atoms with Gasteiger partial charge in [-0.1, -0.05) is 13.8 Å². The van der Waals surface area contributed by atoms with Gasteiger partial charge in [-0.05, 0) is 5.41 Å². The molecule has 0 aliphatic carbocycles. The van der Waals surface area contributed by atoms with E-state index < -0.39 is 0 Å². The van der Waals surface area contributed by atoms with Crippen LogP contribution < -0.4 is 0 Å². The number of esters is 1. The molecule has 0 aliphatic rings. The minimum absolute atomic E-state index is 0.259. The fraction of sp³-hybridized carbons (Fsp3) is 0.750. The Morgan fingerprint density at radius 3 is 2.58 bits per heavy atom. The highest BCUT2D eigenvalue weighted by atomic mass is 16.5. The van der Waals surface area contributed by atoms with Crippen LogP contribution in [0.1, 0.15) is 20.3 Å². The Morgan fingerprint density at radius 1 is 1.58 bits per heavy atom. The molecule has 0 atom stereocenters. The number of nitrogens with zero attached hydrogens (tertiary/aromatic N) is 1. The van der Waals surface area contributed by atoms with E-state index in [-0.39, 0.29) is 17.8 Å². The van der Waals surface area contributed by atoms with Crippen molar-refractivity contribution in [2.45, 2.75) is 20.3 Å². The van der Waals surface area contributed by atoms with Crippen LogP contribution in [0.3, 0.4) is 0 Å². The van der Waals surface area contributed by atoms with Gasteiger partial charge in [-0.2, -0.15) is 0 Å². The zero-order valence-electron chi connectivity index (χ0n) is 7.59. The molecule has 0 N–H and O–H groups in total. The second-order valence-electron chi connectivity index (χ2n) is 3.32. The smallest absolute Gasteiger partial charge is 0.306 e. The van der Waals surface area contributed by atoms with Crippen LogP contribution in [0.5, 0.6) is 0 Å². The molecule has 12 heavy (non-hydrogen) atoms. The number of rotatable bonds is 4. The van der Waals surface area contributed by atoms with Crippen LogP contribution in [-0.2, 0) is 14.3 Å². The fourth-order valence-corrected chi connectivity index (χ4v) is 0.765. The van der Waals surface area contributed by atoms with E-state index >= 15 is 0 Å². The van der Waals surface area contributed by atoms with Gasteiger partial charge in [-0.25, -0.2) is 9.79 Å². The number of aliphatic imine (C=N–C) groups is 1. The van der Waals surface area contributed by atoms with Gasteiger partial charge in [0.2, 0.25) is 6.08 Å². The summed E-state index contributed by atoms with van der Waals surface area (Å²) in [6.45, 7) is 3.97. The van der Waals surface area contributed by atoms with E-state index in [1.807, 2.05) is 13.8 Å². The first-order valence-electron chi connectivity index (χ1n) is 3.62. The average molecular weight is 171 g/mol. The molecular weight excluding hydrogens is 158 g/mol. The van der Waals surface area contributed by atoms with Gasteiger partial charge in [0.25, 0.3) is 0 Å². The average Bonchev–Trinajstić information content (AvgIpc) is 2.00. The summed E-state index contributed by atoms with van der Waals surface area (Å²) < 4.78 is 4.49. The monoisotopic (exact) mass is 171 g/mol. The second kappa shape index (κ2) is 4.67. The minimum atomic E-state index is -0.329. The van der Waals surface area contributed by atoms with Crippen LogP contribution in [0.2, 0.25) is 0 Å². The molecule has 0 bridgehead atoms. The Kier molecular flexibility index (Phi) is 4.22. The first-order chi connectivity index (χ1) is 5.52. The highest BCUT2D eigenvalue weighted by Crippen LogP contribution is 2.20. The largest absolute Gasteiger partial charge is 0.469 e. The van der Waals surface area contributed by atoms with Crippen molar-refractivity contribution in [3.05, 3.63) is 0 Å². The van der Waals surface area contributed by atoms with Gasteiger partial charge < -0.3 is 4.74 Å². The zero-order chi connectivity index (χ0) is 9.61. The number of ether oxygens (including phenoxy) is 1. The predicted octanol–water partition coefficient (Wildman–Crippen LogP) is 0.911. The van der Waals surface area contributed by atoms with Gasteiger partial charge in [-0.3, -0.25) is 4.79 Å². The second-order valence-corrected chi connectivity index (χ2v) is 3.32. The third kappa shape index (κ3) is 4.63. The Labute approximate surface area is 71.6 Å². The van der Waals surface area contributed by atoms with Crippen molar-refractivity contribution in [1.82, 2.24) is 0 Å². The number of carbonyl (C=O) groups is 1. The molecule has 0 amide bonds. The summed E-state index contributed by atoms with van der Waals surface area (Å²) in [5.74, 6) is -0.291. The highest BCUT2D eigenvalue weighted by molar-refractivity contribution is 5.70. The maximum absolute atomic E-state index is 10.8. The Balaban J connectivity index is 4.02. The first-order valence-corrected chi connectivity index (χ1v) is 3.62. The third-order valence-electron chi connectivity index (χ3n) is 1.42. The van der Waals surface area contributed by atoms with Crippen molar-refractivity contribution in [3.8, 4) is 0 Å². The molecule has 0 aromatic heterocycles. The molecule has 0 fully saturated rings. The summed E-state index contributed by atoms with van der Waals surface area (Å²) in [5, 5.41) is 0. The molecule has 0 saturated carbocycles. The lowest BCUT2D eigenvalue weighted by molar-refractivity contribution is -0.142. The van der Waals surface area contributed by atoms with Crippen molar-refractivity contribution < 1.29 is 14.3 Å². The maximum atomic E-state index is 10.8. The van der Waals surface area contributed by atoms with E-state index in [0.717, 1.165) is 0 Å². The van der Waals surface area contributed by atoms with Crippen LogP contribution in [0.25, 0.3) is 0 Å². The van der Waals surface area contributed by atoms with Crippen molar-refractivity contribution in [3.63, 3.8) is 0 Å². The summed E-state index contributed by atoms with van der Waals surface area (Å²) in [5.41, 5.74) is -0.329. The highest BCUT2D eigenvalue weighted by Gasteiger charge is 2.21. The van der Waals surface area contributed by atoms with Crippen LogP contribution in [0.15, 0.2) is 4.99 Å². The molecule has 0 rings (SSSR count). The summed E-state index contributed by atoms with van der Waals surface area (Å²) in [4.78, 5) is 24.0. The van der Waals surface area contributed by atoms with E-state index in [9.17, 15) is 9.59 Å². The van der Waals surface area contributed by atoms with E-state index in [1.54, 1.807) is 0 Å². The van der Waals surface area contributed by atoms with E-state index in [1.165, 1.54) is 13.2 Å². The maximum Gasteiger partial charge on any atom is 0.306 e. The molecule has 0 spiro atoms. The van der Waals surface area contributed by atoms with E-state index in [0.29, 0.717) is 6.54 Å². The summed E-state index contributed by atoms with van der Waals surface area (Å²) in [6, 6.07) is 0.